The Morgan fingerprint density at radius 3 is 2.71 bits per heavy atom. The van der Waals surface area contributed by atoms with Crippen LogP contribution >= 0.6 is 0 Å². The highest BCUT2D eigenvalue weighted by Crippen LogP contribution is 2.21. The molecule has 2 unspecified atom stereocenters. The predicted octanol–water partition coefficient (Wildman–Crippen LogP) is 2.95. The van der Waals surface area contributed by atoms with E-state index >= 15 is 0 Å². The van der Waals surface area contributed by atoms with Gasteiger partial charge in [-0.05, 0) is 56.2 Å². The second-order valence-corrected chi connectivity index (χ2v) is 5.55. The number of rotatable bonds is 11. The highest BCUT2D eigenvalue weighted by molar-refractivity contribution is 5.18. The van der Waals surface area contributed by atoms with Crippen LogP contribution in [-0.4, -0.2) is 17.9 Å². The van der Waals surface area contributed by atoms with Gasteiger partial charge in [0.1, 0.15) is 0 Å². The number of aliphatic hydroxyl groups excluding tert-OH is 1. The molecule has 0 amide bonds. The number of hydrogen-bond donors (Lipinski definition) is 3. The van der Waals surface area contributed by atoms with Gasteiger partial charge < -0.3 is 10.8 Å². The van der Waals surface area contributed by atoms with E-state index in [2.05, 4.69) is 37.7 Å². The number of nitrogens with two attached hydrogens (primary N) is 1. The van der Waals surface area contributed by atoms with Crippen LogP contribution in [-0.2, 0) is 0 Å². The summed E-state index contributed by atoms with van der Waals surface area (Å²) in [5.74, 6) is 3.54. The topological polar surface area (TPSA) is 58.3 Å². The summed E-state index contributed by atoms with van der Waals surface area (Å²) in [5, 5.41) is 12.2. The molecule has 0 rings (SSSR count). The molecule has 21 heavy (non-hydrogen) atoms. The molecular weight excluding hydrogens is 260 g/mol. The average Bonchev–Trinajstić information content (AvgIpc) is 2.47. The summed E-state index contributed by atoms with van der Waals surface area (Å²) in [6, 6.07) is 0. The van der Waals surface area contributed by atoms with Gasteiger partial charge in [-0.15, -0.1) is 6.42 Å². The van der Waals surface area contributed by atoms with Crippen LogP contribution in [0.15, 0.2) is 36.6 Å². The lowest BCUT2D eigenvalue weighted by atomic mass is 9.87. The lowest BCUT2D eigenvalue weighted by molar-refractivity contribution is 0.187. The molecule has 0 aliphatic carbocycles. The van der Waals surface area contributed by atoms with Crippen LogP contribution in [0.4, 0.5) is 0 Å². The van der Waals surface area contributed by atoms with Crippen LogP contribution < -0.4 is 11.1 Å². The Bertz CT molecular complexity index is 377. The van der Waals surface area contributed by atoms with Crippen LogP contribution in [0.25, 0.3) is 0 Å². The normalized spacial score (nSPS) is 15.1. The Morgan fingerprint density at radius 2 is 2.14 bits per heavy atom. The second kappa shape index (κ2) is 12.3. The quantitative estimate of drug-likeness (QED) is 0.237. The van der Waals surface area contributed by atoms with E-state index in [1.54, 1.807) is 6.08 Å². The SMILES string of the molecule is C#CC(O)NCCC(CCC/C=C\C=C(/N)C=C)C(C)C. The molecule has 0 aliphatic heterocycles. The first-order valence-corrected chi connectivity index (χ1v) is 7.63. The van der Waals surface area contributed by atoms with Crippen LogP contribution in [0, 0.1) is 24.2 Å². The molecule has 0 aromatic rings. The molecule has 0 aromatic heterocycles. The number of hydrogen-bond acceptors (Lipinski definition) is 3. The van der Waals surface area contributed by atoms with Crippen molar-refractivity contribution in [2.24, 2.45) is 17.6 Å². The number of terminal acetylenes is 1. The molecule has 0 aromatic carbocycles. The molecule has 0 heterocycles. The van der Waals surface area contributed by atoms with Gasteiger partial charge in [0.2, 0.25) is 0 Å². The highest BCUT2D eigenvalue weighted by Gasteiger charge is 2.12. The summed E-state index contributed by atoms with van der Waals surface area (Å²) in [6.45, 7) is 8.84. The van der Waals surface area contributed by atoms with Crippen molar-refractivity contribution in [1.82, 2.24) is 5.32 Å². The first-order chi connectivity index (χ1) is 10.0. The molecule has 0 saturated carbocycles. The van der Waals surface area contributed by atoms with Crippen molar-refractivity contribution in [3.05, 3.63) is 36.6 Å². The number of nitrogens with one attached hydrogen (secondary N) is 1. The average molecular weight is 290 g/mol. The van der Waals surface area contributed by atoms with Gasteiger partial charge in [0, 0.05) is 5.70 Å². The first kappa shape index (κ1) is 19.5. The van der Waals surface area contributed by atoms with Gasteiger partial charge in [0.25, 0.3) is 0 Å². The van der Waals surface area contributed by atoms with E-state index in [4.69, 9.17) is 12.2 Å². The smallest absolute Gasteiger partial charge is 0.168 e. The van der Waals surface area contributed by atoms with Crippen molar-refractivity contribution in [3.63, 3.8) is 0 Å². The van der Waals surface area contributed by atoms with Gasteiger partial charge in [-0.25, -0.2) is 0 Å². The Labute approximate surface area is 130 Å². The molecule has 3 heteroatoms. The number of aliphatic hydroxyl groups is 1. The summed E-state index contributed by atoms with van der Waals surface area (Å²) < 4.78 is 0. The van der Waals surface area contributed by atoms with Gasteiger partial charge >= 0.3 is 0 Å². The highest BCUT2D eigenvalue weighted by atomic mass is 16.3. The maximum Gasteiger partial charge on any atom is 0.168 e. The fraction of sp³-hybridized carbons (Fsp3) is 0.556. The number of unbranched alkanes of at least 4 members (excludes halogenated alkanes) is 1. The number of allylic oxidation sites excluding steroid dienone is 4. The van der Waals surface area contributed by atoms with Gasteiger partial charge in [-0.3, -0.25) is 5.32 Å². The largest absolute Gasteiger partial charge is 0.399 e. The summed E-state index contributed by atoms with van der Waals surface area (Å²) in [4.78, 5) is 0. The molecule has 0 bridgehead atoms. The maximum absolute atomic E-state index is 9.27. The zero-order valence-corrected chi connectivity index (χ0v) is 13.4. The first-order valence-electron chi connectivity index (χ1n) is 7.63. The van der Waals surface area contributed by atoms with E-state index in [-0.39, 0.29) is 0 Å². The third kappa shape index (κ3) is 10.9. The lowest BCUT2D eigenvalue weighted by Gasteiger charge is -2.21. The Balaban J connectivity index is 3.95. The fourth-order valence-electron chi connectivity index (χ4n) is 2.12. The molecular formula is C18H30N2O. The van der Waals surface area contributed by atoms with Crippen molar-refractivity contribution in [1.29, 1.82) is 0 Å². The summed E-state index contributed by atoms with van der Waals surface area (Å²) in [5.41, 5.74) is 6.30. The zero-order chi connectivity index (χ0) is 16.1. The Kier molecular flexibility index (Phi) is 11.4. The van der Waals surface area contributed by atoms with E-state index in [0.29, 0.717) is 17.5 Å². The molecule has 4 N–H and O–H groups in total. The molecule has 0 radical (unpaired) electrons. The third-order valence-electron chi connectivity index (χ3n) is 3.56. The molecule has 0 saturated heterocycles. The molecule has 0 aliphatic rings. The monoisotopic (exact) mass is 290 g/mol. The van der Waals surface area contributed by atoms with Gasteiger partial charge in [-0.1, -0.05) is 38.5 Å². The van der Waals surface area contributed by atoms with E-state index in [0.717, 1.165) is 25.8 Å². The standard InChI is InChI=1S/C18H30N2O/c1-5-17(19)12-10-8-7-9-11-16(15(3)4)13-14-20-18(21)6-2/h2,5,8,10,12,15-16,18,20-21H,1,7,9,11,13-14,19H2,3-4H3/b10-8-,17-12-. The molecule has 2 atom stereocenters. The van der Waals surface area contributed by atoms with E-state index in [9.17, 15) is 5.11 Å². The third-order valence-corrected chi connectivity index (χ3v) is 3.56. The zero-order valence-electron chi connectivity index (χ0n) is 13.4. The molecule has 0 spiro atoms. The maximum atomic E-state index is 9.27. The van der Waals surface area contributed by atoms with Crippen molar-refractivity contribution in [2.75, 3.05) is 6.54 Å². The minimum Gasteiger partial charge on any atom is -0.399 e. The minimum absolute atomic E-state index is 0.634. The van der Waals surface area contributed by atoms with Crippen molar-refractivity contribution in [2.45, 2.75) is 45.8 Å². The molecule has 3 nitrogen and oxygen atoms in total. The van der Waals surface area contributed by atoms with Crippen LogP contribution in [0.2, 0.25) is 0 Å². The second-order valence-electron chi connectivity index (χ2n) is 5.55. The van der Waals surface area contributed by atoms with Gasteiger partial charge in [-0.2, -0.15) is 0 Å². The summed E-state index contributed by atoms with van der Waals surface area (Å²) in [7, 11) is 0. The summed E-state index contributed by atoms with van der Waals surface area (Å²) in [6.07, 6.45) is 16.3. The molecule has 118 valence electrons. The van der Waals surface area contributed by atoms with E-state index in [1.807, 2.05) is 12.2 Å². The van der Waals surface area contributed by atoms with Crippen LogP contribution in [0.5, 0.6) is 0 Å². The predicted molar refractivity (Wildman–Crippen MR) is 91.2 cm³/mol. The van der Waals surface area contributed by atoms with Crippen LogP contribution in [0.1, 0.15) is 39.5 Å². The van der Waals surface area contributed by atoms with E-state index < -0.39 is 6.23 Å². The van der Waals surface area contributed by atoms with Gasteiger partial charge in [0.05, 0.1) is 0 Å². The lowest BCUT2D eigenvalue weighted by Crippen LogP contribution is -2.29. The van der Waals surface area contributed by atoms with Crippen molar-refractivity contribution < 1.29 is 5.11 Å². The summed E-state index contributed by atoms with van der Waals surface area (Å²) >= 11 is 0. The van der Waals surface area contributed by atoms with Crippen molar-refractivity contribution in [3.8, 4) is 12.3 Å². The van der Waals surface area contributed by atoms with E-state index in [1.165, 1.54) is 6.42 Å². The van der Waals surface area contributed by atoms with Gasteiger partial charge in [0.15, 0.2) is 6.23 Å². The Morgan fingerprint density at radius 1 is 1.43 bits per heavy atom. The molecule has 0 fully saturated rings. The van der Waals surface area contributed by atoms with Crippen molar-refractivity contribution >= 4 is 0 Å². The minimum atomic E-state index is -0.831. The fourth-order valence-corrected chi connectivity index (χ4v) is 2.12. The van der Waals surface area contributed by atoms with Crippen LogP contribution in [0.3, 0.4) is 0 Å². The Hall–Kier alpha value is -1.50.